The summed E-state index contributed by atoms with van der Waals surface area (Å²) in [5.74, 6) is 0.429. The van der Waals surface area contributed by atoms with Gasteiger partial charge in [0.15, 0.2) is 5.96 Å². The predicted octanol–water partition coefficient (Wildman–Crippen LogP) is 0.239. The third-order valence-corrected chi connectivity index (χ3v) is 5.48. The fourth-order valence-corrected chi connectivity index (χ4v) is 3.44. The molecule has 3 N–H and O–H groups in total. The van der Waals surface area contributed by atoms with Crippen molar-refractivity contribution in [3.05, 3.63) is 0 Å². The Hall–Kier alpha value is -1.56. The maximum absolute atomic E-state index is 12.6. The van der Waals surface area contributed by atoms with Crippen LogP contribution in [0.3, 0.4) is 0 Å². The van der Waals surface area contributed by atoms with Crippen LogP contribution in [0.4, 0.5) is 13.2 Å². The summed E-state index contributed by atoms with van der Waals surface area (Å²) in [5, 5.41) is 8.71. The molecule has 0 radical (unpaired) electrons. The summed E-state index contributed by atoms with van der Waals surface area (Å²) in [6.45, 7) is 4.93. The normalized spacial score (nSPS) is 17.8. The van der Waals surface area contributed by atoms with E-state index in [9.17, 15) is 26.4 Å². The molecule has 1 saturated heterocycles. The molecule has 0 bridgehead atoms. The second-order valence-corrected chi connectivity index (χ2v) is 7.85. The number of aliphatic imine (C=N–C) groups is 1. The zero-order chi connectivity index (χ0) is 19.8. The van der Waals surface area contributed by atoms with Crippen molar-refractivity contribution in [2.75, 3.05) is 39.3 Å². The number of amides is 1. The number of carbonyl (C=O) groups excluding carboxylic acids is 1. The van der Waals surface area contributed by atoms with E-state index >= 15 is 0 Å². The fourth-order valence-electron chi connectivity index (χ4n) is 2.46. The van der Waals surface area contributed by atoms with Gasteiger partial charge in [-0.05, 0) is 25.7 Å². The van der Waals surface area contributed by atoms with Gasteiger partial charge in [0.25, 0.3) is 0 Å². The summed E-state index contributed by atoms with van der Waals surface area (Å²) < 4.78 is 60.9. The Bertz CT molecular complexity index is 587. The molecule has 0 saturated carbocycles. The number of guanidine groups is 1. The maximum Gasteiger partial charge on any atom is 0.511 e. The molecule has 1 aliphatic rings. The lowest BCUT2D eigenvalue weighted by Gasteiger charge is -2.30. The Morgan fingerprint density at radius 3 is 2.23 bits per heavy atom. The Kier molecular flexibility index (Phi) is 8.60. The van der Waals surface area contributed by atoms with Crippen LogP contribution in [0.1, 0.15) is 26.7 Å². The Labute approximate surface area is 151 Å². The van der Waals surface area contributed by atoms with Crippen molar-refractivity contribution in [1.29, 1.82) is 0 Å². The molecule has 0 aromatic rings. The van der Waals surface area contributed by atoms with Gasteiger partial charge in [-0.2, -0.15) is 17.5 Å². The summed E-state index contributed by atoms with van der Waals surface area (Å²) in [7, 11) is -5.25. The van der Waals surface area contributed by atoms with Crippen LogP contribution in [-0.4, -0.2) is 69.4 Å². The quantitative estimate of drug-likeness (QED) is 0.322. The van der Waals surface area contributed by atoms with Crippen molar-refractivity contribution in [2.45, 2.75) is 32.2 Å². The SMILES string of the molecule is CCNC(=NCC1CCN(S(=O)(=O)C(F)(F)F)CC1)NCCNC(C)=O. The van der Waals surface area contributed by atoms with E-state index in [-0.39, 0.29) is 24.9 Å². The molecule has 0 spiro atoms. The van der Waals surface area contributed by atoms with E-state index < -0.39 is 15.5 Å². The number of piperidine rings is 1. The molecular formula is C14H26F3N5O3S. The number of sulfonamides is 1. The van der Waals surface area contributed by atoms with Crippen molar-refractivity contribution in [3.63, 3.8) is 0 Å². The first-order valence-corrected chi connectivity index (χ1v) is 9.85. The van der Waals surface area contributed by atoms with Crippen LogP contribution in [0.15, 0.2) is 4.99 Å². The number of carbonyl (C=O) groups is 1. The molecule has 26 heavy (non-hydrogen) atoms. The van der Waals surface area contributed by atoms with Crippen LogP contribution >= 0.6 is 0 Å². The summed E-state index contributed by atoms with van der Waals surface area (Å²) in [6, 6.07) is 0. The van der Waals surface area contributed by atoms with Crippen LogP contribution in [0, 0.1) is 5.92 Å². The fraction of sp³-hybridized carbons (Fsp3) is 0.857. The summed E-state index contributed by atoms with van der Waals surface area (Å²) in [5.41, 5.74) is -5.26. The van der Waals surface area contributed by atoms with E-state index in [0.29, 0.717) is 49.3 Å². The Morgan fingerprint density at radius 1 is 1.15 bits per heavy atom. The van der Waals surface area contributed by atoms with Gasteiger partial charge in [-0.3, -0.25) is 9.79 Å². The highest BCUT2D eigenvalue weighted by Crippen LogP contribution is 2.30. The Balaban J connectivity index is 2.48. The molecule has 0 aromatic carbocycles. The largest absolute Gasteiger partial charge is 0.511 e. The molecule has 8 nitrogen and oxygen atoms in total. The number of hydrogen-bond donors (Lipinski definition) is 3. The van der Waals surface area contributed by atoms with Crippen LogP contribution < -0.4 is 16.0 Å². The monoisotopic (exact) mass is 401 g/mol. The van der Waals surface area contributed by atoms with Crippen LogP contribution in [0.2, 0.25) is 0 Å². The number of nitrogens with zero attached hydrogens (tertiary/aromatic N) is 2. The first-order valence-electron chi connectivity index (χ1n) is 8.41. The molecule has 1 heterocycles. The van der Waals surface area contributed by atoms with Crippen molar-refractivity contribution in [3.8, 4) is 0 Å². The molecule has 152 valence electrons. The standard InChI is InChI=1S/C14H26F3N5O3S/c1-3-18-13(20-7-6-19-11(2)23)21-10-12-4-8-22(9-5-12)26(24,25)14(15,16)17/h12H,3-10H2,1-2H3,(H,19,23)(H2,18,20,21). The number of rotatable bonds is 7. The number of nitrogens with one attached hydrogen (secondary N) is 3. The molecule has 0 atom stereocenters. The van der Waals surface area contributed by atoms with Gasteiger partial charge in [-0.25, -0.2) is 8.42 Å². The summed E-state index contributed by atoms with van der Waals surface area (Å²) in [4.78, 5) is 15.2. The lowest BCUT2D eigenvalue weighted by molar-refractivity contribution is -0.118. The van der Waals surface area contributed by atoms with Gasteiger partial charge >= 0.3 is 15.5 Å². The molecule has 1 rings (SSSR count). The zero-order valence-electron chi connectivity index (χ0n) is 14.9. The van der Waals surface area contributed by atoms with Crippen LogP contribution in [0.5, 0.6) is 0 Å². The first kappa shape index (κ1) is 22.5. The third-order valence-electron chi connectivity index (χ3n) is 3.85. The second kappa shape index (κ2) is 9.95. The zero-order valence-corrected chi connectivity index (χ0v) is 15.7. The predicted molar refractivity (Wildman–Crippen MR) is 91.9 cm³/mol. The van der Waals surface area contributed by atoms with Crippen molar-refractivity contribution >= 4 is 21.9 Å². The smallest absolute Gasteiger partial charge is 0.357 e. The minimum absolute atomic E-state index is 0.0143. The highest BCUT2D eigenvalue weighted by atomic mass is 32.2. The van der Waals surface area contributed by atoms with E-state index in [1.54, 1.807) is 0 Å². The van der Waals surface area contributed by atoms with Gasteiger partial charge in [0.05, 0.1) is 0 Å². The average molecular weight is 401 g/mol. The van der Waals surface area contributed by atoms with Crippen LogP contribution in [0.25, 0.3) is 0 Å². The lowest BCUT2D eigenvalue weighted by atomic mass is 9.98. The van der Waals surface area contributed by atoms with E-state index in [4.69, 9.17) is 0 Å². The number of halogens is 3. The molecular weight excluding hydrogens is 375 g/mol. The van der Waals surface area contributed by atoms with Gasteiger partial charge < -0.3 is 16.0 Å². The van der Waals surface area contributed by atoms with Gasteiger partial charge in [-0.15, -0.1) is 0 Å². The second-order valence-electron chi connectivity index (χ2n) is 5.92. The van der Waals surface area contributed by atoms with Gasteiger partial charge in [0.1, 0.15) is 0 Å². The molecule has 0 unspecified atom stereocenters. The van der Waals surface area contributed by atoms with Crippen molar-refractivity contribution in [1.82, 2.24) is 20.3 Å². The molecule has 1 aliphatic heterocycles. The van der Waals surface area contributed by atoms with E-state index in [1.165, 1.54) is 6.92 Å². The highest BCUT2D eigenvalue weighted by molar-refractivity contribution is 7.90. The third kappa shape index (κ3) is 6.98. The van der Waals surface area contributed by atoms with E-state index in [0.717, 1.165) is 0 Å². The van der Waals surface area contributed by atoms with E-state index in [1.807, 2.05) is 6.92 Å². The number of hydrogen-bond acceptors (Lipinski definition) is 4. The maximum atomic E-state index is 12.6. The summed E-state index contributed by atoms with van der Waals surface area (Å²) in [6.07, 6.45) is 0.647. The van der Waals surface area contributed by atoms with E-state index in [2.05, 4.69) is 20.9 Å². The topological polar surface area (TPSA) is 103 Å². The first-order chi connectivity index (χ1) is 12.1. The molecule has 12 heteroatoms. The van der Waals surface area contributed by atoms with Gasteiger partial charge in [0, 0.05) is 46.2 Å². The lowest BCUT2D eigenvalue weighted by Crippen LogP contribution is -2.45. The van der Waals surface area contributed by atoms with Crippen molar-refractivity contribution in [2.24, 2.45) is 10.9 Å². The minimum Gasteiger partial charge on any atom is -0.357 e. The average Bonchev–Trinajstić information content (AvgIpc) is 2.55. The molecule has 0 aliphatic carbocycles. The van der Waals surface area contributed by atoms with Crippen LogP contribution in [-0.2, 0) is 14.8 Å². The Morgan fingerprint density at radius 2 is 1.73 bits per heavy atom. The molecule has 1 amide bonds. The molecule has 1 fully saturated rings. The highest BCUT2D eigenvalue weighted by Gasteiger charge is 2.50. The van der Waals surface area contributed by atoms with Gasteiger partial charge in [0.2, 0.25) is 5.91 Å². The minimum atomic E-state index is -5.26. The number of alkyl halides is 3. The molecule has 0 aromatic heterocycles. The van der Waals surface area contributed by atoms with Crippen molar-refractivity contribution < 1.29 is 26.4 Å². The summed E-state index contributed by atoms with van der Waals surface area (Å²) >= 11 is 0. The van der Waals surface area contributed by atoms with Gasteiger partial charge in [-0.1, -0.05) is 0 Å².